The molecule has 0 heterocycles. The third-order valence-electron chi connectivity index (χ3n) is 2.45. The Kier molecular flexibility index (Phi) is 2.28. The van der Waals surface area contributed by atoms with E-state index >= 15 is 0 Å². The van der Waals surface area contributed by atoms with Crippen LogP contribution < -0.4 is 5.73 Å². The Bertz CT molecular complexity index is 454. The van der Waals surface area contributed by atoms with Crippen LogP contribution in [-0.2, 0) is 11.2 Å². The lowest BCUT2D eigenvalue weighted by atomic mass is 10.1. The quantitative estimate of drug-likeness (QED) is 0.663. The maximum absolute atomic E-state index is 13.0. The van der Waals surface area contributed by atoms with E-state index in [-0.39, 0.29) is 0 Å². The van der Waals surface area contributed by atoms with Gasteiger partial charge in [-0.3, -0.25) is 4.79 Å². The van der Waals surface area contributed by atoms with Crippen LogP contribution in [0.25, 0.3) is 5.57 Å². The summed E-state index contributed by atoms with van der Waals surface area (Å²) in [5.74, 6) is -1.03. The van der Waals surface area contributed by atoms with Gasteiger partial charge in [-0.25, -0.2) is 4.39 Å². The van der Waals surface area contributed by atoms with Crippen molar-refractivity contribution in [2.75, 3.05) is 0 Å². The Hall–Kier alpha value is -1.68. The first-order valence-corrected chi connectivity index (χ1v) is 4.56. The fourth-order valence-electron chi connectivity index (χ4n) is 1.82. The van der Waals surface area contributed by atoms with Gasteiger partial charge in [0.05, 0.1) is 6.10 Å². The molecule has 0 fully saturated rings. The van der Waals surface area contributed by atoms with Crippen molar-refractivity contribution in [2.24, 2.45) is 5.73 Å². The minimum atomic E-state index is -0.769. The lowest BCUT2D eigenvalue weighted by molar-refractivity contribution is -0.113. The highest BCUT2D eigenvalue weighted by Gasteiger charge is 2.25. The maximum Gasteiger partial charge on any atom is 0.241 e. The fraction of sp³-hybridized carbons (Fsp3) is 0.182. The lowest BCUT2D eigenvalue weighted by Gasteiger charge is -2.03. The highest BCUT2D eigenvalue weighted by atomic mass is 19.1. The number of nitrogens with two attached hydrogens (primary N) is 1. The van der Waals surface area contributed by atoms with Crippen LogP contribution in [0, 0.1) is 5.82 Å². The number of carbonyl (C=O) groups is 1. The summed E-state index contributed by atoms with van der Waals surface area (Å²) in [6.45, 7) is 0. The van der Waals surface area contributed by atoms with E-state index in [2.05, 4.69) is 0 Å². The van der Waals surface area contributed by atoms with Gasteiger partial charge < -0.3 is 10.8 Å². The number of fused-ring (bicyclic) bond motifs is 1. The minimum Gasteiger partial charge on any atom is -0.388 e. The van der Waals surface area contributed by atoms with Crippen LogP contribution in [0.3, 0.4) is 0 Å². The molecular formula is C11H10FNO2. The monoisotopic (exact) mass is 207 g/mol. The molecule has 1 amide bonds. The van der Waals surface area contributed by atoms with E-state index in [4.69, 9.17) is 5.73 Å². The zero-order valence-corrected chi connectivity index (χ0v) is 7.90. The standard InChI is InChI=1S/C11H10FNO2/c12-7-2-1-6-3-10(14)9(5-11(13)15)8(6)4-7/h1-2,4-5,10,14H,3H2,(H2,13,15). The van der Waals surface area contributed by atoms with Gasteiger partial charge in [-0.05, 0) is 28.8 Å². The highest BCUT2D eigenvalue weighted by molar-refractivity contribution is 5.96. The molecule has 3 N–H and O–H groups in total. The van der Waals surface area contributed by atoms with Gasteiger partial charge in [0, 0.05) is 12.5 Å². The van der Waals surface area contributed by atoms with Crippen molar-refractivity contribution in [2.45, 2.75) is 12.5 Å². The topological polar surface area (TPSA) is 63.3 Å². The molecule has 15 heavy (non-hydrogen) atoms. The summed E-state index contributed by atoms with van der Waals surface area (Å²) < 4.78 is 13.0. The molecule has 0 saturated heterocycles. The second-order valence-electron chi connectivity index (χ2n) is 3.52. The van der Waals surface area contributed by atoms with Gasteiger partial charge in [0.25, 0.3) is 0 Å². The smallest absolute Gasteiger partial charge is 0.241 e. The van der Waals surface area contributed by atoms with Gasteiger partial charge in [0.1, 0.15) is 5.82 Å². The lowest BCUT2D eigenvalue weighted by Crippen LogP contribution is -2.11. The van der Waals surface area contributed by atoms with Crippen LogP contribution in [-0.4, -0.2) is 17.1 Å². The molecular weight excluding hydrogens is 197 g/mol. The van der Waals surface area contributed by atoms with E-state index in [0.29, 0.717) is 17.6 Å². The molecule has 0 saturated carbocycles. The maximum atomic E-state index is 13.0. The average molecular weight is 207 g/mol. The number of hydrogen-bond acceptors (Lipinski definition) is 2. The fourth-order valence-corrected chi connectivity index (χ4v) is 1.82. The third-order valence-corrected chi connectivity index (χ3v) is 2.45. The molecule has 2 rings (SSSR count). The Morgan fingerprint density at radius 1 is 1.60 bits per heavy atom. The average Bonchev–Trinajstić information content (AvgIpc) is 2.43. The van der Waals surface area contributed by atoms with Crippen molar-refractivity contribution < 1.29 is 14.3 Å². The molecule has 4 heteroatoms. The van der Waals surface area contributed by atoms with Crippen LogP contribution in [0.15, 0.2) is 24.3 Å². The van der Waals surface area contributed by atoms with E-state index in [0.717, 1.165) is 11.6 Å². The summed E-state index contributed by atoms with van der Waals surface area (Å²) >= 11 is 0. The molecule has 1 aliphatic rings. The Labute approximate surface area is 86.0 Å². The largest absolute Gasteiger partial charge is 0.388 e. The van der Waals surface area contributed by atoms with E-state index in [1.54, 1.807) is 6.07 Å². The first-order valence-electron chi connectivity index (χ1n) is 4.56. The number of aliphatic hydroxyl groups excluding tert-OH is 1. The minimum absolute atomic E-state index is 0.391. The zero-order chi connectivity index (χ0) is 11.0. The van der Waals surface area contributed by atoms with Gasteiger partial charge >= 0.3 is 0 Å². The molecule has 0 aliphatic heterocycles. The van der Waals surface area contributed by atoms with E-state index in [1.165, 1.54) is 12.1 Å². The van der Waals surface area contributed by atoms with Crippen molar-refractivity contribution in [1.29, 1.82) is 0 Å². The summed E-state index contributed by atoms with van der Waals surface area (Å²) in [4.78, 5) is 10.7. The predicted octanol–water partition coefficient (Wildman–Crippen LogP) is 0.611. The van der Waals surface area contributed by atoms with Gasteiger partial charge in [0.15, 0.2) is 0 Å². The first-order chi connectivity index (χ1) is 7.08. The normalized spacial score (nSPS) is 21.7. The number of amides is 1. The summed E-state index contributed by atoms with van der Waals surface area (Å²) in [5, 5.41) is 9.65. The summed E-state index contributed by atoms with van der Waals surface area (Å²) in [5.41, 5.74) is 6.81. The Morgan fingerprint density at radius 2 is 2.33 bits per heavy atom. The van der Waals surface area contributed by atoms with Crippen LogP contribution >= 0.6 is 0 Å². The Morgan fingerprint density at radius 3 is 3.00 bits per heavy atom. The molecule has 1 aliphatic carbocycles. The third kappa shape index (κ3) is 1.76. The number of aliphatic hydroxyl groups is 1. The number of primary amides is 1. The number of benzene rings is 1. The molecule has 0 spiro atoms. The highest BCUT2D eigenvalue weighted by Crippen LogP contribution is 2.32. The molecule has 0 aromatic heterocycles. The summed E-state index contributed by atoms with van der Waals surface area (Å²) in [6, 6.07) is 4.24. The molecule has 1 unspecified atom stereocenters. The zero-order valence-electron chi connectivity index (χ0n) is 7.90. The second-order valence-corrected chi connectivity index (χ2v) is 3.52. The van der Waals surface area contributed by atoms with Gasteiger partial charge in [-0.1, -0.05) is 6.07 Å². The Balaban J connectivity index is 2.53. The number of carbonyl (C=O) groups excluding carboxylic acids is 1. The van der Waals surface area contributed by atoms with E-state index in [1.807, 2.05) is 0 Å². The first kappa shape index (κ1) is 9.86. The number of halogens is 1. The molecule has 3 nitrogen and oxygen atoms in total. The van der Waals surface area contributed by atoms with Crippen molar-refractivity contribution in [1.82, 2.24) is 0 Å². The molecule has 0 radical (unpaired) electrons. The van der Waals surface area contributed by atoms with E-state index < -0.39 is 17.8 Å². The van der Waals surface area contributed by atoms with E-state index in [9.17, 15) is 14.3 Å². The summed E-state index contributed by atoms with van der Waals surface area (Å²) in [7, 11) is 0. The SMILES string of the molecule is NC(=O)C=C1c2cc(F)ccc2CC1O. The molecule has 1 aromatic carbocycles. The van der Waals surface area contributed by atoms with Crippen LogP contribution in [0.4, 0.5) is 4.39 Å². The molecule has 1 aromatic rings. The predicted molar refractivity (Wildman–Crippen MR) is 53.3 cm³/mol. The molecule has 1 atom stereocenters. The second kappa shape index (κ2) is 3.47. The van der Waals surface area contributed by atoms with Crippen molar-refractivity contribution in [3.63, 3.8) is 0 Å². The summed E-state index contributed by atoms with van der Waals surface area (Å²) in [6.07, 6.45) is 0.777. The van der Waals surface area contributed by atoms with Gasteiger partial charge in [-0.2, -0.15) is 0 Å². The molecule has 78 valence electrons. The van der Waals surface area contributed by atoms with Crippen molar-refractivity contribution in [3.05, 3.63) is 41.2 Å². The van der Waals surface area contributed by atoms with Gasteiger partial charge in [0.2, 0.25) is 5.91 Å². The van der Waals surface area contributed by atoms with Crippen LogP contribution in [0.1, 0.15) is 11.1 Å². The molecule has 0 bridgehead atoms. The number of rotatable bonds is 1. The number of hydrogen-bond donors (Lipinski definition) is 2. The van der Waals surface area contributed by atoms with Gasteiger partial charge in [-0.15, -0.1) is 0 Å². The van der Waals surface area contributed by atoms with Crippen molar-refractivity contribution >= 4 is 11.5 Å². The van der Waals surface area contributed by atoms with Crippen LogP contribution in [0.5, 0.6) is 0 Å². The van der Waals surface area contributed by atoms with Crippen LogP contribution in [0.2, 0.25) is 0 Å². The van der Waals surface area contributed by atoms with Crippen molar-refractivity contribution in [3.8, 4) is 0 Å².